The lowest BCUT2D eigenvalue weighted by molar-refractivity contribution is -0.134. The van der Waals surface area contributed by atoms with E-state index in [4.69, 9.17) is 23.2 Å². The zero-order valence-corrected chi connectivity index (χ0v) is 8.84. The lowest BCUT2D eigenvalue weighted by Gasteiger charge is -1.98. The van der Waals surface area contributed by atoms with Gasteiger partial charge in [-0.2, -0.15) is 0 Å². The summed E-state index contributed by atoms with van der Waals surface area (Å²) in [6.45, 7) is 0. The number of hydrogen-bond donors (Lipinski definition) is 0. The van der Waals surface area contributed by atoms with Crippen LogP contribution in [0.3, 0.4) is 0 Å². The number of halogens is 2. The maximum absolute atomic E-state index is 10.8. The third kappa shape index (κ3) is 2.72. The maximum atomic E-state index is 10.8. The van der Waals surface area contributed by atoms with Gasteiger partial charge in [0.2, 0.25) is 0 Å². The maximum Gasteiger partial charge on any atom is 0.330 e. The molecule has 3 nitrogen and oxygen atoms in total. The molecule has 0 saturated carbocycles. The first kappa shape index (κ1) is 11.0. The smallest absolute Gasteiger partial charge is 0.330 e. The van der Waals surface area contributed by atoms with Gasteiger partial charge in [0.15, 0.2) is 0 Å². The molecule has 1 aromatic heterocycles. The average Bonchev–Trinajstić information content (AvgIpc) is 2.16. The average molecular weight is 232 g/mol. The van der Waals surface area contributed by atoms with Crippen LogP contribution in [-0.2, 0) is 9.53 Å². The molecule has 5 heteroatoms. The van der Waals surface area contributed by atoms with Crippen molar-refractivity contribution in [2.24, 2.45) is 0 Å². The van der Waals surface area contributed by atoms with Gasteiger partial charge in [-0.3, -0.25) is 0 Å². The Hall–Kier alpha value is -1.06. The van der Waals surface area contributed by atoms with Gasteiger partial charge >= 0.3 is 5.97 Å². The monoisotopic (exact) mass is 231 g/mol. The number of pyridine rings is 1. The summed E-state index contributed by atoms with van der Waals surface area (Å²) in [6, 6.07) is 1.59. The van der Waals surface area contributed by atoms with Crippen LogP contribution in [0, 0.1) is 0 Å². The van der Waals surface area contributed by atoms with Crippen molar-refractivity contribution in [3.05, 3.63) is 34.1 Å². The molecule has 0 radical (unpaired) electrons. The molecule has 14 heavy (non-hydrogen) atoms. The third-order valence-corrected chi connectivity index (χ3v) is 2.11. The SMILES string of the molecule is COC(=O)C=Cc1c(Cl)ccnc1Cl. The third-order valence-electron chi connectivity index (χ3n) is 1.48. The molecule has 0 atom stereocenters. The summed E-state index contributed by atoms with van der Waals surface area (Å²) in [5.41, 5.74) is 0.501. The van der Waals surface area contributed by atoms with Crippen molar-refractivity contribution in [3.63, 3.8) is 0 Å². The van der Waals surface area contributed by atoms with E-state index in [1.54, 1.807) is 6.07 Å². The Kier molecular flexibility index (Phi) is 3.92. The molecule has 1 rings (SSSR count). The van der Waals surface area contributed by atoms with Gasteiger partial charge in [-0.15, -0.1) is 0 Å². The Morgan fingerprint density at radius 1 is 1.57 bits per heavy atom. The van der Waals surface area contributed by atoms with Gasteiger partial charge in [-0.05, 0) is 12.1 Å². The number of ether oxygens (including phenoxy) is 1. The summed E-state index contributed by atoms with van der Waals surface area (Å²) in [6.07, 6.45) is 4.18. The van der Waals surface area contributed by atoms with E-state index in [0.717, 1.165) is 0 Å². The molecule has 1 aromatic rings. The highest BCUT2D eigenvalue weighted by atomic mass is 35.5. The molecule has 0 saturated heterocycles. The lowest BCUT2D eigenvalue weighted by atomic mass is 10.2. The van der Waals surface area contributed by atoms with Crippen LogP contribution in [0.25, 0.3) is 6.08 Å². The summed E-state index contributed by atoms with van der Waals surface area (Å²) in [7, 11) is 1.29. The highest BCUT2D eigenvalue weighted by Crippen LogP contribution is 2.23. The van der Waals surface area contributed by atoms with Gasteiger partial charge in [-0.1, -0.05) is 23.2 Å². The van der Waals surface area contributed by atoms with Crippen LogP contribution in [-0.4, -0.2) is 18.1 Å². The van der Waals surface area contributed by atoms with Crippen LogP contribution in [0.4, 0.5) is 0 Å². The number of esters is 1. The second-order valence-corrected chi connectivity index (χ2v) is 3.12. The second kappa shape index (κ2) is 4.98. The molecule has 1 heterocycles. The van der Waals surface area contributed by atoms with Gasteiger partial charge < -0.3 is 4.74 Å². The van der Waals surface area contributed by atoms with Gasteiger partial charge in [0.05, 0.1) is 12.1 Å². The largest absolute Gasteiger partial charge is 0.466 e. The van der Waals surface area contributed by atoms with Gasteiger partial charge in [0, 0.05) is 17.8 Å². The minimum atomic E-state index is -0.471. The van der Waals surface area contributed by atoms with E-state index in [0.29, 0.717) is 10.6 Å². The van der Waals surface area contributed by atoms with E-state index in [9.17, 15) is 4.79 Å². The summed E-state index contributed by atoms with van der Waals surface area (Å²) in [4.78, 5) is 14.6. The van der Waals surface area contributed by atoms with E-state index in [-0.39, 0.29) is 5.15 Å². The second-order valence-electron chi connectivity index (χ2n) is 2.35. The molecule has 0 aliphatic rings. The Labute approximate surface area is 91.3 Å². The molecule has 0 aliphatic carbocycles. The number of methoxy groups -OCH3 is 1. The molecule has 0 N–H and O–H groups in total. The highest BCUT2D eigenvalue weighted by Gasteiger charge is 2.03. The lowest BCUT2D eigenvalue weighted by Crippen LogP contribution is -1.93. The molecule has 74 valence electrons. The van der Waals surface area contributed by atoms with Crippen molar-refractivity contribution in [1.29, 1.82) is 0 Å². The molecule has 0 fully saturated rings. The minimum Gasteiger partial charge on any atom is -0.466 e. The molecular weight excluding hydrogens is 225 g/mol. The van der Waals surface area contributed by atoms with E-state index < -0.39 is 5.97 Å². The molecule has 0 bridgehead atoms. The fourth-order valence-corrected chi connectivity index (χ4v) is 1.27. The zero-order chi connectivity index (χ0) is 10.6. The number of carbonyl (C=O) groups is 1. The summed E-state index contributed by atoms with van der Waals surface area (Å²) < 4.78 is 4.42. The van der Waals surface area contributed by atoms with Crippen molar-refractivity contribution in [2.45, 2.75) is 0 Å². The fraction of sp³-hybridized carbons (Fsp3) is 0.111. The number of hydrogen-bond acceptors (Lipinski definition) is 3. The van der Waals surface area contributed by atoms with Gasteiger partial charge in [0.1, 0.15) is 5.15 Å². The topological polar surface area (TPSA) is 39.2 Å². The first-order valence-corrected chi connectivity index (χ1v) is 4.46. The summed E-state index contributed by atoms with van der Waals surface area (Å²) >= 11 is 11.6. The molecule has 0 aliphatic heterocycles. The van der Waals surface area contributed by atoms with Crippen molar-refractivity contribution >= 4 is 35.2 Å². The Morgan fingerprint density at radius 3 is 2.86 bits per heavy atom. The number of rotatable bonds is 2. The summed E-state index contributed by atoms with van der Waals surface area (Å²) in [5, 5.41) is 0.683. The number of carbonyl (C=O) groups excluding carboxylic acids is 1. The minimum absolute atomic E-state index is 0.248. The first-order valence-electron chi connectivity index (χ1n) is 3.71. The standard InChI is InChI=1S/C9H7Cl2NO2/c1-14-8(13)3-2-6-7(10)4-5-12-9(6)11/h2-5H,1H3. The van der Waals surface area contributed by atoms with Crippen molar-refractivity contribution < 1.29 is 9.53 Å². The van der Waals surface area contributed by atoms with Crippen molar-refractivity contribution in [2.75, 3.05) is 7.11 Å². The quantitative estimate of drug-likeness (QED) is 0.447. The molecular formula is C9H7Cl2NO2. The van der Waals surface area contributed by atoms with Crippen molar-refractivity contribution in [1.82, 2.24) is 4.98 Å². The van der Waals surface area contributed by atoms with E-state index in [1.807, 2.05) is 0 Å². The molecule has 0 amide bonds. The predicted octanol–water partition coefficient (Wildman–Crippen LogP) is 2.57. The molecule has 0 unspecified atom stereocenters. The van der Waals surface area contributed by atoms with Crippen LogP contribution in [0.5, 0.6) is 0 Å². The fourth-order valence-electron chi connectivity index (χ4n) is 0.794. The van der Waals surface area contributed by atoms with Gasteiger partial charge in [0.25, 0.3) is 0 Å². The molecule has 0 spiro atoms. The Balaban J connectivity index is 2.96. The van der Waals surface area contributed by atoms with Crippen LogP contribution in [0.15, 0.2) is 18.3 Å². The summed E-state index contributed by atoms with van der Waals surface area (Å²) in [5.74, 6) is -0.471. The van der Waals surface area contributed by atoms with Crippen LogP contribution in [0.2, 0.25) is 10.2 Å². The number of aromatic nitrogens is 1. The van der Waals surface area contributed by atoms with Crippen molar-refractivity contribution in [3.8, 4) is 0 Å². The van der Waals surface area contributed by atoms with Crippen LogP contribution < -0.4 is 0 Å². The van der Waals surface area contributed by atoms with E-state index >= 15 is 0 Å². The van der Waals surface area contributed by atoms with E-state index in [1.165, 1.54) is 25.5 Å². The first-order chi connectivity index (χ1) is 6.65. The van der Waals surface area contributed by atoms with Gasteiger partial charge in [-0.25, -0.2) is 9.78 Å². The Morgan fingerprint density at radius 2 is 2.29 bits per heavy atom. The number of nitrogens with zero attached hydrogens (tertiary/aromatic N) is 1. The zero-order valence-electron chi connectivity index (χ0n) is 7.33. The van der Waals surface area contributed by atoms with Crippen LogP contribution in [0.1, 0.15) is 5.56 Å². The normalized spacial score (nSPS) is 10.5. The Bertz CT molecular complexity index is 357. The molecule has 0 aromatic carbocycles. The predicted molar refractivity (Wildman–Crippen MR) is 55.3 cm³/mol. The van der Waals surface area contributed by atoms with Crippen LogP contribution >= 0.6 is 23.2 Å². The van der Waals surface area contributed by atoms with E-state index in [2.05, 4.69) is 9.72 Å². The highest BCUT2D eigenvalue weighted by molar-refractivity contribution is 6.36.